The molecule has 0 aliphatic carbocycles. The zero-order valence-electron chi connectivity index (χ0n) is 18.0. The summed E-state index contributed by atoms with van der Waals surface area (Å²) in [7, 11) is 0. The number of benzene rings is 2. The summed E-state index contributed by atoms with van der Waals surface area (Å²) in [5.74, 6) is -1.61. The SMILES string of the molecule is Cc1coc2c(C)c3oc(=O)c(CCC(=O)N[C@@H](C(=O)O)c4ccccc4)c(C)c3cc12. The van der Waals surface area contributed by atoms with Gasteiger partial charge in [0.2, 0.25) is 5.91 Å². The molecule has 2 heterocycles. The number of amides is 1. The fourth-order valence-electron chi connectivity index (χ4n) is 4.01. The molecule has 1 atom stereocenters. The molecule has 0 bridgehead atoms. The van der Waals surface area contributed by atoms with E-state index < -0.39 is 23.5 Å². The van der Waals surface area contributed by atoms with Crippen LogP contribution in [0.4, 0.5) is 0 Å². The minimum absolute atomic E-state index is 0.0420. The van der Waals surface area contributed by atoms with Crippen molar-refractivity contribution in [2.45, 2.75) is 39.7 Å². The van der Waals surface area contributed by atoms with E-state index >= 15 is 0 Å². The first-order chi connectivity index (χ1) is 15.3. The van der Waals surface area contributed by atoms with Gasteiger partial charge < -0.3 is 19.3 Å². The molecule has 2 aromatic heterocycles. The number of nitrogens with one attached hydrogen (secondary N) is 1. The fraction of sp³-hybridized carbons (Fsp3) is 0.240. The number of fused-ring (bicyclic) bond motifs is 2. The maximum atomic E-state index is 12.7. The summed E-state index contributed by atoms with van der Waals surface area (Å²) in [5.41, 5.74) is 4.00. The zero-order valence-corrected chi connectivity index (χ0v) is 18.0. The van der Waals surface area contributed by atoms with Crippen LogP contribution in [-0.2, 0) is 16.0 Å². The second-order valence-electron chi connectivity index (χ2n) is 7.92. The first kappa shape index (κ1) is 21.4. The predicted octanol–water partition coefficient (Wildman–Crippen LogP) is 4.34. The van der Waals surface area contributed by atoms with Crippen LogP contribution in [0.25, 0.3) is 21.9 Å². The van der Waals surface area contributed by atoms with E-state index in [0.717, 1.165) is 27.5 Å². The number of carbonyl (C=O) groups excluding carboxylic acids is 1. The van der Waals surface area contributed by atoms with Gasteiger partial charge >= 0.3 is 11.6 Å². The molecule has 0 fully saturated rings. The van der Waals surface area contributed by atoms with E-state index in [4.69, 9.17) is 8.83 Å². The van der Waals surface area contributed by atoms with Gasteiger partial charge in [-0.05, 0) is 49.9 Å². The van der Waals surface area contributed by atoms with Gasteiger partial charge in [0.05, 0.1) is 6.26 Å². The molecule has 0 saturated carbocycles. The van der Waals surface area contributed by atoms with Crippen LogP contribution >= 0.6 is 0 Å². The Bertz CT molecular complexity index is 1400. The summed E-state index contributed by atoms with van der Waals surface area (Å²) in [5, 5.41) is 13.8. The van der Waals surface area contributed by atoms with Crippen molar-refractivity contribution in [3.8, 4) is 0 Å². The summed E-state index contributed by atoms with van der Waals surface area (Å²) >= 11 is 0. The predicted molar refractivity (Wildman–Crippen MR) is 120 cm³/mol. The lowest BCUT2D eigenvalue weighted by atomic mass is 9.98. The highest BCUT2D eigenvalue weighted by Crippen LogP contribution is 2.32. The lowest BCUT2D eigenvalue weighted by Gasteiger charge is -2.15. The molecule has 2 N–H and O–H groups in total. The number of hydrogen-bond acceptors (Lipinski definition) is 5. The third-order valence-corrected chi connectivity index (χ3v) is 5.82. The molecule has 4 rings (SSSR count). The van der Waals surface area contributed by atoms with E-state index in [-0.39, 0.29) is 12.8 Å². The largest absolute Gasteiger partial charge is 0.479 e. The highest BCUT2D eigenvalue weighted by atomic mass is 16.4. The van der Waals surface area contributed by atoms with Crippen LogP contribution in [0.1, 0.15) is 40.3 Å². The summed E-state index contributed by atoms with van der Waals surface area (Å²) in [4.78, 5) is 36.8. The van der Waals surface area contributed by atoms with Crippen molar-refractivity contribution in [3.63, 3.8) is 0 Å². The molecule has 0 radical (unpaired) electrons. The van der Waals surface area contributed by atoms with Crippen molar-refractivity contribution in [3.05, 3.63) is 80.9 Å². The quantitative estimate of drug-likeness (QED) is 0.438. The van der Waals surface area contributed by atoms with E-state index in [9.17, 15) is 19.5 Å². The van der Waals surface area contributed by atoms with E-state index in [1.807, 2.05) is 26.8 Å². The Kier molecular flexibility index (Phi) is 5.57. The maximum absolute atomic E-state index is 12.7. The number of hydrogen-bond donors (Lipinski definition) is 2. The van der Waals surface area contributed by atoms with Crippen LogP contribution in [-0.4, -0.2) is 17.0 Å². The fourth-order valence-corrected chi connectivity index (χ4v) is 4.01. The summed E-state index contributed by atoms with van der Waals surface area (Å²) in [6, 6.07) is 9.26. The van der Waals surface area contributed by atoms with Crippen LogP contribution in [0.2, 0.25) is 0 Å². The monoisotopic (exact) mass is 433 g/mol. The smallest absolute Gasteiger partial charge is 0.339 e. The molecule has 0 saturated heterocycles. The van der Waals surface area contributed by atoms with Gasteiger partial charge in [0.25, 0.3) is 0 Å². The van der Waals surface area contributed by atoms with Crippen LogP contribution in [0, 0.1) is 20.8 Å². The number of carboxylic acids is 1. The first-order valence-corrected chi connectivity index (χ1v) is 10.3. The third-order valence-electron chi connectivity index (χ3n) is 5.82. The molecule has 0 aliphatic rings. The molecule has 164 valence electrons. The first-order valence-electron chi connectivity index (χ1n) is 10.3. The van der Waals surface area contributed by atoms with Crippen LogP contribution < -0.4 is 10.9 Å². The number of furan rings is 1. The molecular formula is C25H23NO6. The third kappa shape index (κ3) is 3.77. The molecule has 0 unspecified atom stereocenters. The van der Waals surface area contributed by atoms with Crippen LogP contribution in [0.3, 0.4) is 0 Å². The Labute approximate surface area is 183 Å². The van der Waals surface area contributed by atoms with Gasteiger partial charge in [-0.1, -0.05) is 30.3 Å². The molecule has 32 heavy (non-hydrogen) atoms. The zero-order chi connectivity index (χ0) is 23.0. The van der Waals surface area contributed by atoms with Crippen LogP contribution in [0.15, 0.2) is 56.3 Å². The highest BCUT2D eigenvalue weighted by molar-refractivity contribution is 5.99. The van der Waals surface area contributed by atoms with Crippen molar-refractivity contribution in [2.75, 3.05) is 0 Å². The molecule has 1 amide bonds. The molecule has 0 aliphatic heterocycles. The van der Waals surface area contributed by atoms with Crippen molar-refractivity contribution in [1.82, 2.24) is 5.32 Å². The second-order valence-corrected chi connectivity index (χ2v) is 7.92. The minimum Gasteiger partial charge on any atom is -0.479 e. The summed E-state index contributed by atoms with van der Waals surface area (Å²) in [6.45, 7) is 5.62. The maximum Gasteiger partial charge on any atom is 0.339 e. The van der Waals surface area contributed by atoms with Crippen molar-refractivity contribution in [2.24, 2.45) is 0 Å². The Morgan fingerprint density at radius 2 is 1.75 bits per heavy atom. The number of carbonyl (C=O) groups is 2. The Hall–Kier alpha value is -3.87. The van der Waals surface area contributed by atoms with Crippen molar-refractivity contribution < 1.29 is 23.5 Å². The van der Waals surface area contributed by atoms with E-state index in [0.29, 0.717) is 22.3 Å². The summed E-state index contributed by atoms with van der Waals surface area (Å²) in [6.07, 6.45) is 1.76. The number of carboxylic acid groups (broad SMARTS) is 1. The van der Waals surface area contributed by atoms with Gasteiger partial charge in [0.1, 0.15) is 11.2 Å². The topological polar surface area (TPSA) is 110 Å². The molecule has 7 nitrogen and oxygen atoms in total. The Balaban J connectivity index is 1.61. The van der Waals surface area contributed by atoms with E-state index in [1.165, 1.54) is 0 Å². The lowest BCUT2D eigenvalue weighted by molar-refractivity contribution is -0.142. The molecule has 0 spiro atoms. The average Bonchev–Trinajstić information content (AvgIpc) is 3.14. The standard InChI is InChI=1S/C25H23NO6/c1-13-12-31-22-15(3)23-19(11-18(13)22)14(2)17(25(30)32-23)9-10-20(27)26-21(24(28)29)16-7-5-4-6-8-16/h4-8,11-12,21H,9-10H2,1-3H3,(H,26,27)(H,28,29)/t21-/m1/s1. The van der Waals surface area contributed by atoms with Crippen LogP contribution in [0.5, 0.6) is 0 Å². The van der Waals surface area contributed by atoms with E-state index in [1.54, 1.807) is 36.6 Å². The molecule has 7 heteroatoms. The number of aryl methyl sites for hydroxylation is 3. The molecule has 4 aromatic rings. The Morgan fingerprint density at radius 3 is 2.44 bits per heavy atom. The van der Waals surface area contributed by atoms with Crippen molar-refractivity contribution >= 4 is 33.8 Å². The van der Waals surface area contributed by atoms with Gasteiger partial charge in [0, 0.05) is 28.3 Å². The highest BCUT2D eigenvalue weighted by Gasteiger charge is 2.23. The van der Waals surface area contributed by atoms with Gasteiger partial charge in [-0.15, -0.1) is 0 Å². The van der Waals surface area contributed by atoms with Gasteiger partial charge in [-0.25, -0.2) is 9.59 Å². The minimum atomic E-state index is -1.15. The van der Waals surface area contributed by atoms with Crippen molar-refractivity contribution in [1.29, 1.82) is 0 Å². The molecular weight excluding hydrogens is 410 g/mol. The van der Waals surface area contributed by atoms with E-state index in [2.05, 4.69) is 5.32 Å². The Morgan fingerprint density at radius 1 is 1.03 bits per heavy atom. The average molecular weight is 433 g/mol. The molecule has 2 aromatic carbocycles. The number of rotatable bonds is 6. The number of aliphatic carboxylic acids is 1. The summed E-state index contributed by atoms with van der Waals surface area (Å²) < 4.78 is 11.2. The van der Waals surface area contributed by atoms with Gasteiger partial charge in [-0.2, -0.15) is 0 Å². The second kappa shape index (κ2) is 8.34. The normalized spacial score (nSPS) is 12.2. The lowest BCUT2D eigenvalue weighted by Crippen LogP contribution is -2.34. The van der Waals surface area contributed by atoms with Gasteiger partial charge in [-0.3, -0.25) is 4.79 Å². The van der Waals surface area contributed by atoms with Gasteiger partial charge in [0.15, 0.2) is 6.04 Å².